The Kier molecular flexibility index (Phi) is 3.61. The Labute approximate surface area is 114 Å². The number of nitrogens with two attached hydrogens (primary N) is 1. The van der Waals surface area contributed by atoms with Crippen LogP contribution in [0.3, 0.4) is 0 Å². The first-order valence-electron chi connectivity index (χ1n) is 4.99. The zero-order valence-corrected chi connectivity index (χ0v) is 10.9. The van der Waals surface area contributed by atoms with Gasteiger partial charge in [0.2, 0.25) is 11.8 Å². The normalized spacial score (nSPS) is 11.4. The van der Waals surface area contributed by atoms with E-state index in [4.69, 9.17) is 10.5 Å². The van der Waals surface area contributed by atoms with Crippen molar-refractivity contribution < 1.29 is 17.9 Å². The van der Waals surface area contributed by atoms with E-state index >= 15 is 0 Å². The number of ether oxygens (including phenoxy) is 1. The lowest BCUT2D eigenvalue weighted by Gasteiger charge is -2.10. The first kappa shape index (κ1) is 13.6. The summed E-state index contributed by atoms with van der Waals surface area (Å²) in [4.78, 5) is 7.47. The number of nitrogens with zero attached hydrogens (tertiary/aromatic N) is 2. The SMILES string of the molecule is Nc1ncc(Br)c(Oc2cccc(C(F)(F)F)c2)n1. The third kappa shape index (κ3) is 3.34. The number of aromatic nitrogens is 2. The molecule has 0 saturated carbocycles. The van der Waals surface area contributed by atoms with Crippen LogP contribution in [0.5, 0.6) is 11.6 Å². The highest BCUT2D eigenvalue weighted by molar-refractivity contribution is 9.10. The monoisotopic (exact) mass is 333 g/mol. The van der Waals surface area contributed by atoms with E-state index in [2.05, 4.69) is 25.9 Å². The summed E-state index contributed by atoms with van der Waals surface area (Å²) in [6.07, 6.45) is -3.08. The largest absolute Gasteiger partial charge is 0.438 e. The Morgan fingerprint density at radius 1 is 1.26 bits per heavy atom. The average molecular weight is 334 g/mol. The fourth-order valence-corrected chi connectivity index (χ4v) is 1.56. The van der Waals surface area contributed by atoms with Gasteiger partial charge in [-0.2, -0.15) is 18.2 Å². The van der Waals surface area contributed by atoms with Crippen LogP contribution in [0.1, 0.15) is 5.56 Å². The summed E-state index contributed by atoms with van der Waals surface area (Å²) in [6.45, 7) is 0. The van der Waals surface area contributed by atoms with Crippen LogP contribution in [0, 0.1) is 0 Å². The predicted molar refractivity (Wildman–Crippen MR) is 65.7 cm³/mol. The third-order valence-corrected chi connectivity index (χ3v) is 2.65. The molecular weight excluding hydrogens is 327 g/mol. The van der Waals surface area contributed by atoms with Crippen molar-refractivity contribution in [2.24, 2.45) is 0 Å². The van der Waals surface area contributed by atoms with Gasteiger partial charge in [-0.3, -0.25) is 0 Å². The molecule has 0 fully saturated rings. The third-order valence-electron chi connectivity index (χ3n) is 2.11. The van der Waals surface area contributed by atoms with Gasteiger partial charge in [0.05, 0.1) is 16.2 Å². The van der Waals surface area contributed by atoms with Gasteiger partial charge in [0, 0.05) is 0 Å². The molecule has 0 aliphatic rings. The van der Waals surface area contributed by atoms with Gasteiger partial charge in [0.25, 0.3) is 0 Å². The molecule has 1 aromatic carbocycles. The van der Waals surface area contributed by atoms with Gasteiger partial charge in [-0.1, -0.05) is 6.07 Å². The summed E-state index contributed by atoms with van der Waals surface area (Å²) < 4.78 is 43.3. The molecule has 0 radical (unpaired) electrons. The Hall–Kier alpha value is -1.83. The van der Waals surface area contributed by atoms with Gasteiger partial charge in [0.15, 0.2) is 0 Å². The molecule has 2 rings (SSSR count). The van der Waals surface area contributed by atoms with Crippen LogP contribution in [-0.4, -0.2) is 9.97 Å². The summed E-state index contributed by atoms with van der Waals surface area (Å²) in [5.41, 5.74) is 4.57. The highest BCUT2D eigenvalue weighted by Gasteiger charge is 2.30. The summed E-state index contributed by atoms with van der Waals surface area (Å²) in [5, 5.41) is 0. The molecule has 1 heterocycles. The highest BCUT2D eigenvalue weighted by atomic mass is 79.9. The second-order valence-electron chi connectivity index (χ2n) is 3.51. The van der Waals surface area contributed by atoms with E-state index in [0.717, 1.165) is 12.1 Å². The van der Waals surface area contributed by atoms with Crippen LogP contribution in [-0.2, 0) is 6.18 Å². The maximum atomic E-state index is 12.5. The molecule has 2 N–H and O–H groups in total. The molecule has 0 spiro atoms. The molecule has 4 nitrogen and oxygen atoms in total. The summed E-state index contributed by atoms with van der Waals surface area (Å²) in [5.74, 6) is 0.0191. The van der Waals surface area contributed by atoms with E-state index < -0.39 is 11.7 Å². The smallest absolute Gasteiger partial charge is 0.416 e. The number of anilines is 1. The van der Waals surface area contributed by atoms with Crippen molar-refractivity contribution in [1.29, 1.82) is 0 Å². The van der Waals surface area contributed by atoms with E-state index in [1.54, 1.807) is 0 Å². The van der Waals surface area contributed by atoms with Gasteiger partial charge in [0.1, 0.15) is 5.75 Å². The number of nitrogen functional groups attached to an aromatic ring is 1. The molecule has 0 aliphatic heterocycles. The second-order valence-corrected chi connectivity index (χ2v) is 4.36. The molecule has 100 valence electrons. The molecule has 19 heavy (non-hydrogen) atoms. The van der Waals surface area contributed by atoms with E-state index in [9.17, 15) is 13.2 Å². The number of rotatable bonds is 2. The molecule has 0 aliphatic carbocycles. The number of hydrogen-bond donors (Lipinski definition) is 1. The van der Waals surface area contributed by atoms with Crippen molar-refractivity contribution in [3.05, 3.63) is 40.5 Å². The maximum Gasteiger partial charge on any atom is 0.416 e. The van der Waals surface area contributed by atoms with Crippen LogP contribution < -0.4 is 10.5 Å². The van der Waals surface area contributed by atoms with Gasteiger partial charge in [-0.15, -0.1) is 0 Å². The molecule has 0 amide bonds. The lowest BCUT2D eigenvalue weighted by atomic mass is 10.2. The first-order valence-corrected chi connectivity index (χ1v) is 5.78. The Morgan fingerprint density at radius 2 is 2.00 bits per heavy atom. The van der Waals surface area contributed by atoms with Crippen LogP contribution in [0.2, 0.25) is 0 Å². The molecule has 0 saturated heterocycles. The number of halogens is 4. The molecule has 8 heteroatoms. The standard InChI is InChI=1S/C11H7BrF3N3O/c12-8-5-17-10(16)18-9(8)19-7-3-1-2-6(4-7)11(13,14)15/h1-5H,(H2,16,17,18). The van der Waals surface area contributed by atoms with Crippen LogP contribution in [0.25, 0.3) is 0 Å². The molecule has 2 aromatic rings. The minimum absolute atomic E-state index is 0.00799. The van der Waals surface area contributed by atoms with Crippen molar-refractivity contribution >= 4 is 21.9 Å². The Morgan fingerprint density at radius 3 is 2.68 bits per heavy atom. The molecule has 0 bridgehead atoms. The fourth-order valence-electron chi connectivity index (χ4n) is 1.28. The first-order chi connectivity index (χ1) is 8.86. The van der Waals surface area contributed by atoms with E-state index in [-0.39, 0.29) is 17.6 Å². The quantitative estimate of drug-likeness (QED) is 0.911. The molecular formula is C11H7BrF3N3O. The van der Waals surface area contributed by atoms with E-state index in [1.807, 2.05) is 0 Å². The average Bonchev–Trinajstić information content (AvgIpc) is 2.33. The lowest BCUT2D eigenvalue weighted by molar-refractivity contribution is -0.137. The van der Waals surface area contributed by atoms with E-state index in [0.29, 0.717) is 4.47 Å². The van der Waals surface area contributed by atoms with Crippen LogP contribution in [0.15, 0.2) is 34.9 Å². The van der Waals surface area contributed by atoms with Crippen LogP contribution >= 0.6 is 15.9 Å². The van der Waals surface area contributed by atoms with Gasteiger partial charge in [-0.05, 0) is 34.1 Å². The second kappa shape index (κ2) is 5.04. The molecule has 1 aromatic heterocycles. The maximum absolute atomic E-state index is 12.5. The topological polar surface area (TPSA) is 61.0 Å². The number of alkyl halides is 3. The van der Waals surface area contributed by atoms with Crippen molar-refractivity contribution in [1.82, 2.24) is 9.97 Å². The van der Waals surface area contributed by atoms with Gasteiger partial charge in [-0.25, -0.2) is 4.98 Å². The summed E-state index contributed by atoms with van der Waals surface area (Å²) in [7, 11) is 0. The highest BCUT2D eigenvalue weighted by Crippen LogP contribution is 2.33. The molecule has 0 unspecified atom stereocenters. The predicted octanol–water partition coefficient (Wildman–Crippen LogP) is 3.63. The number of benzene rings is 1. The minimum Gasteiger partial charge on any atom is -0.438 e. The lowest BCUT2D eigenvalue weighted by Crippen LogP contribution is -2.04. The van der Waals surface area contributed by atoms with Gasteiger partial charge >= 0.3 is 6.18 Å². The zero-order valence-electron chi connectivity index (χ0n) is 9.28. The van der Waals surface area contributed by atoms with Gasteiger partial charge < -0.3 is 10.5 Å². The Bertz CT molecular complexity index is 604. The number of hydrogen-bond acceptors (Lipinski definition) is 4. The minimum atomic E-state index is -4.43. The zero-order chi connectivity index (χ0) is 14.0. The molecule has 0 atom stereocenters. The van der Waals surface area contributed by atoms with E-state index in [1.165, 1.54) is 18.3 Å². The van der Waals surface area contributed by atoms with Crippen molar-refractivity contribution in [3.8, 4) is 11.6 Å². The Balaban J connectivity index is 2.31. The summed E-state index contributed by atoms with van der Waals surface area (Å²) >= 11 is 3.12. The van der Waals surface area contributed by atoms with Crippen molar-refractivity contribution in [2.45, 2.75) is 6.18 Å². The van der Waals surface area contributed by atoms with Crippen molar-refractivity contribution in [2.75, 3.05) is 5.73 Å². The fraction of sp³-hybridized carbons (Fsp3) is 0.0909. The van der Waals surface area contributed by atoms with Crippen molar-refractivity contribution in [3.63, 3.8) is 0 Å². The summed E-state index contributed by atoms with van der Waals surface area (Å²) in [6, 6.07) is 4.47. The van der Waals surface area contributed by atoms with Crippen LogP contribution in [0.4, 0.5) is 19.1 Å².